The summed E-state index contributed by atoms with van der Waals surface area (Å²) in [5, 5.41) is 9.96. The minimum absolute atomic E-state index is 0.161. The highest BCUT2D eigenvalue weighted by Gasteiger charge is 2.08. The van der Waals surface area contributed by atoms with E-state index in [1.165, 1.54) is 6.07 Å². The third-order valence-corrected chi connectivity index (χ3v) is 2.78. The van der Waals surface area contributed by atoms with Gasteiger partial charge in [0.1, 0.15) is 17.2 Å². The van der Waals surface area contributed by atoms with Crippen molar-refractivity contribution in [3.63, 3.8) is 0 Å². The highest BCUT2D eigenvalue weighted by molar-refractivity contribution is 5.76. The molecule has 0 aliphatic carbocycles. The average molecular weight is 263 g/mol. The number of nitrogens with zero attached hydrogens (tertiary/aromatic N) is 2. The lowest BCUT2D eigenvalue weighted by Crippen LogP contribution is -2.23. The van der Waals surface area contributed by atoms with Crippen LogP contribution in [0, 0.1) is 12.7 Å². The normalized spacial score (nSPS) is 10.4. The van der Waals surface area contributed by atoms with E-state index in [0.29, 0.717) is 23.4 Å². The Balaban J connectivity index is 1.79. The number of carbonyl (C=O) groups excluding carboxylic acids is 1. The van der Waals surface area contributed by atoms with Gasteiger partial charge in [-0.2, -0.15) is 0 Å². The van der Waals surface area contributed by atoms with Crippen LogP contribution in [-0.4, -0.2) is 16.2 Å². The summed E-state index contributed by atoms with van der Waals surface area (Å²) in [5.74, 6) is -0.447. The Hall–Kier alpha value is -2.24. The van der Waals surface area contributed by atoms with Gasteiger partial charge in [0.15, 0.2) is 0 Å². The van der Waals surface area contributed by atoms with E-state index in [9.17, 15) is 9.18 Å². The first-order valence-electron chi connectivity index (χ1n) is 5.95. The van der Waals surface area contributed by atoms with Crippen molar-refractivity contribution in [2.45, 2.75) is 26.3 Å². The van der Waals surface area contributed by atoms with Gasteiger partial charge in [-0.05, 0) is 25.0 Å². The molecule has 5 nitrogen and oxygen atoms in total. The summed E-state index contributed by atoms with van der Waals surface area (Å²) >= 11 is 0. The Morgan fingerprint density at radius 3 is 2.84 bits per heavy atom. The van der Waals surface area contributed by atoms with Gasteiger partial charge in [-0.25, -0.2) is 9.02 Å². The van der Waals surface area contributed by atoms with E-state index < -0.39 is 0 Å². The zero-order valence-corrected chi connectivity index (χ0v) is 10.5. The molecule has 2 rings (SSSR count). The van der Waals surface area contributed by atoms with Crippen LogP contribution in [0.3, 0.4) is 0 Å². The van der Waals surface area contributed by atoms with E-state index in [1.807, 2.05) is 0 Å². The van der Waals surface area contributed by atoms with Gasteiger partial charge in [0.05, 0.1) is 6.54 Å². The van der Waals surface area contributed by atoms with Crippen LogP contribution >= 0.6 is 0 Å². The van der Waals surface area contributed by atoms with Gasteiger partial charge in [-0.3, -0.25) is 4.79 Å². The lowest BCUT2D eigenvalue weighted by molar-refractivity contribution is -0.121. The van der Waals surface area contributed by atoms with Crippen LogP contribution in [0.2, 0.25) is 0 Å². The molecule has 6 heteroatoms. The van der Waals surface area contributed by atoms with Crippen LogP contribution in [0.25, 0.3) is 0 Å². The molecule has 0 saturated carbocycles. The van der Waals surface area contributed by atoms with Crippen molar-refractivity contribution >= 4 is 5.91 Å². The van der Waals surface area contributed by atoms with E-state index in [2.05, 4.69) is 20.3 Å². The molecule has 0 fully saturated rings. The maximum atomic E-state index is 13.3. The first-order valence-corrected chi connectivity index (χ1v) is 5.95. The van der Waals surface area contributed by atoms with Crippen molar-refractivity contribution in [1.82, 2.24) is 15.6 Å². The molecule has 0 saturated heterocycles. The largest absolute Gasteiger partial charge is 0.350 e. The van der Waals surface area contributed by atoms with Gasteiger partial charge in [0.2, 0.25) is 5.91 Å². The Morgan fingerprint density at radius 1 is 1.37 bits per heavy atom. The van der Waals surface area contributed by atoms with Gasteiger partial charge in [-0.15, -0.1) is 0 Å². The Labute approximate surface area is 109 Å². The Kier molecular flexibility index (Phi) is 4.22. The molecule has 1 aromatic carbocycles. The standard InChI is InChI=1S/C13H14FN3O2/c1-9-12(17-19-16-9)8-15-13(18)7-6-10-4-2-3-5-11(10)14/h2-5H,6-8H2,1H3,(H,15,18). The van der Waals surface area contributed by atoms with Crippen LogP contribution in [0.1, 0.15) is 23.4 Å². The second kappa shape index (κ2) is 6.08. The summed E-state index contributed by atoms with van der Waals surface area (Å²) in [5.41, 5.74) is 1.78. The third kappa shape index (κ3) is 3.61. The summed E-state index contributed by atoms with van der Waals surface area (Å²) in [6, 6.07) is 6.44. The second-order valence-electron chi connectivity index (χ2n) is 4.16. The Bertz CT molecular complexity index is 569. The van der Waals surface area contributed by atoms with Crippen LogP contribution in [0.4, 0.5) is 4.39 Å². The molecule has 0 atom stereocenters. The minimum Gasteiger partial charge on any atom is -0.350 e. The topological polar surface area (TPSA) is 68.0 Å². The fourth-order valence-electron chi connectivity index (χ4n) is 1.63. The second-order valence-corrected chi connectivity index (χ2v) is 4.16. The molecule has 1 N–H and O–H groups in total. The monoisotopic (exact) mass is 263 g/mol. The molecule has 0 bridgehead atoms. The van der Waals surface area contributed by atoms with Gasteiger partial charge in [0.25, 0.3) is 0 Å². The summed E-state index contributed by atoms with van der Waals surface area (Å²) in [4.78, 5) is 11.6. The number of aryl methyl sites for hydroxylation is 2. The summed E-state index contributed by atoms with van der Waals surface area (Å²) < 4.78 is 17.9. The van der Waals surface area contributed by atoms with Crippen molar-refractivity contribution in [3.05, 3.63) is 47.0 Å². The predicted molar refractivity (Wildman–Crippen MR) is 65.6 cm³/mol. The highest BCUT2D eigenvalue weighted by Crippen LogP contribution is 2.08. The molecule has 1 aromatic heterocycles. The molecule has 2 aromatic rings. The van der Waals surface area contributed by atoms with E-state index in [-0.39, 0.29) is 24.7 Å². The van der Waals surface area contributed by atoms with Gasteiger partial charge in [0, 0.05) is 6.42 Å². The molecule has 0 radical (unpaired) electrons. The van der Waals surface area contributed by atoms with Gasteiger partial charge in [-0.1, -0.05) is 28.5 Å². The molecule has 0 unspecified atom stereocenters. The van der Waals surface area contributed by atoms with E-state index >= 15 is 0 Å². The number of hydrogen-bond acceptors (Lipinski definition) is 4. The predicted octanol–water partition coefficient (Wildman–Crippen LogP) is 1.77. The maximum absolute atomic E-state index is 13.3. The zero-order valence-electron chi connectivity index (χ0n) is 10.5. The van der Waals surface area contributed by atoms with Gasteiger partial charge >= 0.3 is 0 Å². The number of benzene rings is 1. The molecular formula is C13H14FN3O2. The molecule has 0 aliphatic heterocycles. The molecule has 100 valence electrons. The Morgan fingerprint density at radius 2 is 2.16 bits per heavy atom. The van der Waals surface area contributed by atoms with E-state index in [1.54, 1.807) is 25.1 Å². The molecule has 0 spiro atoms. The average Bonchev–Trinajstić information content (AvgIpc) is 2.81. The molecule has 19 heavy (non-hydrogen) atoms. The summed E-state index contributed by atoms with van der Waals surface area (Å²) in [6.07, 6.45) is 0.597. The van der Waals surface area contributed by atoms with Gasteiger partial charge < -0.3 is 5.32 Å². The van der Waals surface area contributed by atoms with Crippen molar-refractivity contribution in [1.29, 1.82) is 0 Å². The fourth-order valence-corrected chi connectivity index (χ4v) is 1.63. The molecule has 0 aliphatic rings. The molecule has 1 amide bonds. The van der Waals surface area contributed by atoms with Crippen molar-refractivity contribution in [3.8, 4) is 0 Å². The number of halogens is 1. The number of nitrogens with one attached hydrogen (secondary N) is 1. The molecular weight excluding hydrogens is 249 g/mol. The summed E-state index contributed by atoms with van der Waals surface area (Å²) in [6.45, 7) is 2.02. The first-order chi connectivity index (χ1) is 9.16. The zero-order chi connectivity index (χ0) is 13.7. The van der Waals surface area contributed by atoms with Crippen molar-refractivity contribution in [2.24, 2.45) is 0 Å². The number of rotatable bonds is 5. The van der Waals surface area contributed by atoms with Crippen LogP contribution in [0.15, 0.2) is 28.9 Å². The fraction of sp³-hybridized carbons (Fsp3) is 0.308. The van der Waals surface area contributed by atoms with E-state index in [4.69, 9.17) is 0 Å². The smallest absolute Gasteiger partial charge is 0.220 e. The van der Waals surface area contributed by atoms with Crippen LogP contribution in [0.5, 0.6) is 0 Å². The van der Waals surface area contributed by atoms with Crippen molar-refractivity contribution in [2.75, 3.05) is 0 Å². The number of carbonyl (C=O) groups is 1. The number of amides is 1. The lowest BCUT2D eigenvalue weighted by Gasteiger charge is -2.04. The quantitative estimate of drug-likeness (QED) is 0.892. The third-order valence-electron chi connectivity index (χ3n) is 2.78. The van der Waals surface area contributed by atoms with Crippen molar-refractivity contribution < 1.29 is 13.8 Å². The number of hydrogen-bond donors (Lipinski definition) is 1. The minimum atomic E-state index is -0.285. The van der Waals surface area contributed by atoms with Crippen LogP contribution < -0.4 is 5.32 Å². The number of aromatic nitrogens is 2. The van der Waals surface area contributed by atoms with E-state index in [0.717, 1.165) is 0 Å². The first kappa shape index (κ1) is 13.2. The highest BCUT2D eigenvalue weighted by atomic mass is 19.1. The molecule has 1 heterocycles. The maximum Gasteiger partial charge on any atom is 0.220 e. The summed E-state index contributed by atoms with van der Waals surface area (Å²) in [7, 11) is 0. The van der Waals surface area contributed by atoms with Crippen LogP contribution in [-0.2, 0) is 17.8 Å². The SMILES string of the molecule is Cc1nonc1CNC(=O)CCc1ccccc1F. The lowest BCUT2D eigenvalue weighted by atomic mass is 10.1.